The molecule has 186 valence electrons. The molecule has 33 heavy (non-hydrogen) atoms. The van der Waals surface area contributed by atoms with E-state index in [9.17, 15) is 15.0 Å². The minimum Gasteiger partial charge on any atom is -0.392 e. The van der Waals surface area contributed by atoms with Crippen LogP contribution in [-0.2, 0) is 14.3 Å². The van der Waals surface area contributed by atoms with Crippen molar-refractivity contribution in [2.75, 3.05) is 6.61 Å². The van der Waals surface area contributed by atoms with Crippen LogP contribution >= 0.6 is 11.3 Å². The fourth-order valence-corrected chi connectivity index (χ4v) is 5.68. The van der Waals surface area contributed by atoms with Crippen molar-refractivity contribution in [3.05, 3.63) is 21.7 Å². The summed E-state index contributed by atoms with van der Waals surface area (Å²) < 4.78 is 12.7. The van der Waals surface area contributed by atoms with Gasteiger partial charge in [0, 0.05) is 29.7 Å². The molecular formula is C26H41NO5S. The molecule has 0 radical (unpaired) electrons. The van der Waals surface area contributed by atoms with Crippen molar-refractivity contribution in [1.82, 2.24) is 4.98 Å². The Morgan fingerprint density at radius 3 is 2.61 bits per heavy atom. The van der Waals surface area contributed by atoms with Crippen LogP contribution in [0.1, 0.15) is 77.4 Å². The number of aliphatic hydroxyl groups is 2. The first-order valence-corrected chi connectivity index (χ1v) is 13.2. The molecule has 1 aromatic heterocycles. The van der Waals surface area contributed by atoms with Crippen LogP contribution in [0, 0.1) is 24.2 Å². The molecule has 1 aromatic rings. The molecule has 0 spiro atoms. The quantitative estimate of drug-likeness (QED) is 0.646. The van der Waals surface area contributed by atoms with Crippen LogP contribution in [0.2, 0.25) is 0 Å². The number of carbonyl (C=O) groups excluding carboxylic acids is 1. The summed E-state index contributed by atoms with van der Waals surface area (Å²) >= 11 is 1.64. The molecule has 6 nitrogen and oxygen atoms in total. The molecule has 2 aliphatic heterocycles. The number of ether oxygens (including phenoxy) is 2. The summed E-state index contributed by atoms with van der Waals surface area (Å²) in [5.74, 6) is -0.618. The van der Waals surface area contributed by atoms with Crippen LogP contribution < -0.4 is 0 Å². The average molecular weight is 480 g/mol. The number of nitrogens with zero attached hydrogens (tertiary/aromatic N) is 1. The summed E-state index contributed by atoms with van der Waals surface area (Å²) in [5, 5.41) is 24.7. The largest absolute Gasteiger partial charge is 0.392 e. The number of fused-ring (bicyclic) bond motifs is 1. The van der Waals surface area contributed by atoms with Gasteiger partial charge < -0.3 is 19.7 Å². The van der Waals surface area contributed by atoms with Crippen molar-refractivity contribution in [3.63, 3.8) is 0 Å². The van der Waals surface area contributed by atoms with Gasteiger partial charge in [-0.05, 0) is 50.7 Å². The normalized spacial score (nSPS) is 36.9. The topological polar surface area (TPSA) is 88.9 Å². The van der Waals surface area contributed by atoms with Crippen molar-refractivity contribution in [3.8, 4) is 0 Å². The third kappa shape index (κ3) is 6.31. The molecular weight excluding hydrogens is 438 g/mol. The van der Waals surface area contributed by atoms with Gasteiger partial charge in [0.15, 0.2) is 0 Å². The van der Waals surface area contributed by atoms with Crippen LogP contribution in [0.4, 0.5) is 0 Å². The Labute approximate surface area is 202 Å². The first-order valence-electron chi connectivity index (χ1n) is 12.3. The molecule has 2 fully saturated rings. The van der Waals surface area contributed by atoms with Crippen molar-refractivity contribution in [2.45, 2.75) is 104 Å². The lowest BCUT2D eigenvalue weighted by molar-refractivity contribution is -0.142. The van der Waals surface area contributed by atoms with Gasteiger partial charge in [-0.1, -0.05) is 34.1 Å². The molecule has 0 unspecified atom stereocenters. The maximum absolute atomic E-state index is 13.1. The lowest BCUT2D eigenvalue weighted by Gasteiger charge is -2.35. The molecule has 2 saturated heterocycles. The highest BCUT2D eigenvalue weighted by molar-refractivity contribution is 7.09. The molecule has 7 atom stereocenters. The van der Waals surface area contributed by atoms with Gasteiger partial charge in [0.25, 0.3) is 0 Å². The molecule has 3 heterocycles. The maximum atomic E-state index is 13.1. The standard InChI is InChI=1S/C26H41NO5S/c1-15-8-7-9-20-22(13-21(32-20)16(2)12-19-14-33-18(4)27-19)31-11-10-23(28)26(5,6)25(30)17(3)24(15)29/h12,14-15,17,20-24,28-29H,7-11,13H2,1-6H3/b16-12+/t15-,17+,20+,21-,22+,23-,24-/m0/s1. The number of ketones is 1. The van der Waals surface area contributed by atoms with Crippen molar-refractivity contribution >= 4 is 23.2 Å². The van der Waals surface area contributed by atoms with Crippen LogP contribution in [0.15, 0.2) is 11.0 Å². The van der Waals surface area contributed by atoms with Crippen molar-refractivity contribution < 1.29 is 24.5 Å². The first kappa shape index (κ1) is 26.5. The smallest absolute Gasteiger partial charge is 0.146 e. The highest BCUT2D eigenvalue weighted by atomic mass is 32.1. The van der Waals surface area contributed by atoms with E-state index < -0.39 is 23.5 Å². The zero-order valence-corrected chi connectivity index (χ0v) is 21.7. The van der Waals surface area contributed by atoms with Crippen molar-refractivity contribution in [1.29, 1.82) is 0 Å². The van der Waals surface area contributed by atoms with Crippen LogP contribution in [0.25, 0.3) is 6.08 Å². The van der Waals surface area contributed by atoms with E-state index in [2.05, 4.69) is 23.4 Å². The summed E-state index contributed by atoms with van der Waals surface area (Å²) in [7, 11) is 0. The lowest BCUT2D eigenvalue weighted by atomic mass is 9.73. The van der Waals surface area contributed by atoms with Gasteiger partial charge in [-0.25, -0.2) is 4.98 Å². The van der Waals surface area contributed by atoms with E-state index in [0.717, 1.165) is 42.0 Å². The zero-order valence-electron chi connectivity index (χ0n) is 20.9. The van der Waals surface area contributed by atoms with E-state index >= 15 is 0 Å². The van der Waals surface area contributed by atoms with E-state index in [4.69, 9.17) is 9.47 Å². The summed E-state index contributed by atoms with van der Waals surface area (Å²) in [6.07, 6.45) is 4.14. The van der Waals surface area contributed by atoms with Gasteiger partial charge in [-0.2, -0.15) is 0 Å². The lowest BCUT2D eigenvalue weighted by Crippen LogP contribution is -2.45. The zero-order chi connectivity index (χ0) is 24.3. The summed E-state index contributed by atoms with van der Waals surface area (Å²) in [5.41, 5.74) is 1.16. The third-order valence-electron chi connectivity index (χ3n) is 7.57. The number of aliphatic hydroxyl groups excluding tert-OH is 2. The highest BCUT2D eigenvalue weighted by Crippen LogP contribution is 2.35. The highest BCUT2D eigenvalue weighted by Gasteiger charge is 2.42. The number of hydrogen-bond donors (Lipinski definition) is 2. The fourth-order valence-electron chi connectivity index (χ4n) is 5.11. The Kier molecular flexibility index (Phi) is 8.89. The van der Waals surface area contributed by atoms with E-state index in [1.165, 1.54) is 0 Å². The molecule has 0 bridgehead atoms. The van der Waals surface area contributed by atoms with E-state index in [1.807, 2.05) is 13.8 Å². The van der Waals surface area contributed by atoms with Crippen LogP contribution in [-0.4, -0.2) is 58.1 Å². The molecule has 0 saturated carbocycles. The van der Waals surface area contributed by atoms with Crippen LogP contribution in [0.3, 0.4) is 0 Å². The van der Waals surface area contributed by atoms with Crippen LogP contribution in [0.5, 0.6) is 0 Å². The van der Waals surface area contributed by atoms with Gasteiger partial charge in [-0.3, -0.25) is 4.79 Å². The maximum Gasteiger partial charge on any atom is 0.146 e. The summed E-state index contributed by atoms with van der Waals surface area (Å²) in [6.45, 7) is 11.8. The summed E-state index contributed by atoms with van der Waals surface area (Å²) in [6, 6.07) is 0. The van der Waals surface area contributed by atoms with Gasteiger partial charge >= 0.3 is 0 Å². The number of aromatic nitrogens is 1. The van der Waals surface area contributed by atoms with E-state index in [0.29, 0.717) is 13.0 Å². The molecule has 0 aromatic carbocycles. The first-order chi connectivity index (χ1) is 15.5. The Bertz CT molecular complexity index is 834. The average Bonchev–Trinajstić information content (AvgIpc) is 3.37. The monoisotopic (exact) mass is 479 g/mol. The van der Waals surface area contributed by atoms with Gasteiger partial charge in [-0.15, -0.1) is 11.3 Å². The predicted octanol–water partition coefficient (Wildman–Crippen LogP) is 4.56. The Balaban J connectivity index is 1.74. The second kappa shape index (κ2) is 11.1. The minimum atomic E-state index is -0.938. The number of Topliss-reactive ketones (excluding diaryl/α,β-unsaturated/α-hetero) is 1. The second-order valence-electron chi connectivity index (χ2n) is 10.6. The fraction of sp³-hybridized carbons (Fsp3) is 0.769. The van der Waals surface area contributed by atoms with Crippen molar-refractivity contribution in [2.24, 2.45) is 17.3 Å². The number of rotatable bonds is 2. The molecule has 7 heteroatoms. The molecule has 2 aliphatic rings. The minimum absolute atomic E-state index is 0.00839. The van der Waals surface area contributed by atoms with Gasteiger partial charge in [0.2, 0.25) is 0 Å². The molecule has 3 rings (SSSR count). The second-order valence-corrected chi connectivity index (χ2v) is 11.6. The van der Waals surface area contributed by atoms with Gasteiger partial charge in [0.1, 0.15) is 5.78 Å². The number of carbonyl (C=O) groups is 1. The molecule has 2 N–H and O–H groups in total. The number of hydrogen-bond acceptors (Lipinski definition) is 7. The third-order valence-corrected chi connectivity index (χ3v) is 8.36. The SMILES string of the molecule is C/C(=C\c1csc(C)n1)[C@@H]1C[C@H]2OCC[C@H](O)C(C)(C)C(=O)[C@H](C)[C@@H](O)[C@@H](C)CCC[C@H]2O1. The Morgan fingerprint density at radius 2 is 1.94 bits per heavy atom. The molecule has 0 aliphatic carbocycles. The number of aryl methyl sites for hydroxylation is 1. The Hall–Kier alpha value is -1.12. The predicted molar refractivity (Wildman–Crippen MR) is 131 cm³/mol. The van der Waals surface area contributed by atoms with Gasteiger partial charge in [0.05, 0.1) is 41.2 Å². The number of thiazole rings is 1. The van der Waals surface area contributed by atoms with E-state index in [1.54, 1.807) is 32.1 Å². The molecule has 0 amide bonds. The van der Waals surface area contributed by atoms with E-state index in [-0.39, 0.29) is 30.0 Å². The summed E-state index contributed by atoms with van der Waals surface area (Å²) in [4.78, 5) is 17.6. The Morgan fingerprint density at radius 1 is 1.21 bits per heavy atom.